The van der Waals surface area contributed by atoms with Crippen molar-refractivity contribution in [3.8, 4) is 0 Å². The van der Waals surface area contributed by atoms with E-state index < -0.39 is 0 Å². The maximum Gasteiger partial charge on any atom is 0.188 e. The Balaban J connectivity index is 2.18. The number of aromatic nitrogens is 2. The molecule has 78 valence electrons. The second kappa shape index (κ2) is 3.86. The van der Waals surface area contributed by atoms with Gasteiger partial charge in [0.05, 0.1) is 17.6 Å². The molecule has 2 rings (SSSR count). The van der Waals surface area contributed by atoms with Crippen molar-refractivity contribution < 1.29 is 0 Å². The van der Waals surface area contributed by atoms with Gasteiger partial charge in [-0.1, -0.05) is 0 Å². The molecule has 3 N–H and O–H groups in total. The van der Waals surface area contributed by atoms with Crippen LogP contribution < -0.4 is 11.1 Å². The molecule has 0 aliphatic rings. The number of nitrogens with one attached hydrogen (secondary N) is 1. The predicted molar refractivity (Wildman–Crippen MR) is 63.5 cm³/mol. The van der Waals surface area contributed by atoms with Crippen LogP contribution in [0.2, 0.25) is 0 Å². The Morgan fingerprint density at radius 1 is 1.33 bits per heavy atom. The molecule has 5 heteroatoms. The molecule has 0 aliphatic carbocycles. The number of thiazole rings is 1. The molecular weight excluding hydrogens is 208 g/mol. The minimum absolute atomic E-state index is 0.659. The van der Waals surface area contributed by atoms with Crippen molar-refractivity contribution in [3.05, 3.63) is 28.9 Å². The zero-order chi connectivity index (χ0) is 10.8. The summed E-state index contributed by atoms with van der Waals surface area (Å²) < 4.78 is 0. The molecule has 0 aromatic carbocycles. The molecular formula is C10H12N4S. The molecule has 15 heavy (non-hydrogen) atoms. The molecule has 0 saturated heterocycles. The summed E-state index contributed by atoms with van der Waals surface area (Å²) in [6.07, 6.45) is 1.62. The topological polar surface area (TPSA) is 63.8 Å². The van der Waals surface area contributed by atoms with E-state index in [1.165, 1.54) is 4.88 Å². The highest BCUT2D eigenvalue weighted by Crippen LogP contribution is 2.23. The summed E-state index contributed by atoms with van der Waals surface area (Å²) in [7, 11) is 0. The minimum atomic E-state index is 0.659. The van der Waals surface area contributed by atoms with Gasteiger partial charge in [-0.15, -0.1) is 11.3 Å². The Morgan fingerprint density at radius 2 is 2.13 bits per heavy atom. The van der Waals surface area contributed by atoms with Crippen molar-refractivity contribution >= 4 is 28.0 Å². The number of nitrogens with zero attached hydrogens (tertiary/aromatic N) is 2. The van der Waals surface area contributed by atoms with E-state index in [0.717, 1.165) is 16.6 Å². The largest absolute Gasteiger partial charge is 0.397 e. The van der Waals surface area contributed by atoms with E-state index in [4.69, 9.17) is 5.73 Å². The number of nitrogens with two attached hydrogens (primary N) is 1. The first-order valence-electron chi connectivity index (χ1n) is 4.58. The summed E-state index contributed by atoms with van der Waals surface area (Å²) >= 11 is 1.62. The fourth-order valence-electron chi connectivity index (χ4n) is 1.11. The van der Waals surface area contributed by atoms with Gasteiger partial charge in [0.1, 0.15) is 5.82 Å². The number of pyridine rings is 1. The van der Waals surface area contributed by atoms with Crippen LogP contribution in [0.15, 0.2) is 18.3 Å². The van der Waals surface area contributed by atoms with Gasteiger partial charge in [0.25, 0.3) is 0 Å². The Labute approximate surface area is 92.2 Å². The third kappa shape index (κ3) is 2.24. The van der Waals surface area contributed by atoms with Gasteiger partial charge in [-0.05, 0) is 26.0 Å². The first-order chi connectivity index (χ1) is 7.15. The highest BCUT2D eigenvalue weighted by molar-refractivity contribution is 7.15. The molecule has 0 aliphatic heterocycles. The van der Waals surface area contributed by atoms with Gasteiger partial charge in [0, 0.05) is 4.88 Å². The lowest BCUT2D eigenvalue weighted by atomic mass is 10.4. The Hall–Kier alpha value is -1.62. The average molecular weight is 220 g/mol. The van der Waals surface area contributed by atoms with Crippen molar-refractivity contribution in [2.45, 2.75) is 13.8 Å². The van der Waals surface area contributed by atoms with E-state index in [9.17, 15) is 0 Å². The third-order valence-corrected chi connectivity index (χ3v) is 3.04. The molecule has 0 bridgehead atoms. The Morgan fingerprint density at radius 3 is 2.67 bits per heavy atom. The fraction of sp³-hybridized carbons (Fsp3) is 0.200. The number of hydrogen-bond donors (Lipinski definition) is 2. The molecule has 2 heterocycles. The number of rotatable bonds is 2. The van der Waals surface area contributed by atoms with Crippen LogP contribution in [0.1, 0.15) is 10.6 Å². The minimum Gasteiger partial charge on any atom is -0.397 e. The summed E-state index contributed by atoms with van der Waals surface area (Å²) in [5.41, 5.74) is 7.26. The molecule has 2 aromatic heterocycles. The Kier molecular flexibility index (Phi) is 2.55. The van der Waals surface area contributed by atoms with Crippen LogP contribution in [0.25, 0.3) is 0 Å². The molecule has 0 amide bonds. The summed E-state index contributed by atoms with van der Waals surface area (Å²) in [4.78, 5) is 9.72. The van der Waals surface area contributed by atoms with Gasteiger partial charge in [0.15, 0.2) is 5.13 Å². The van der Waals surface area contributed by atoms with Crippen molar-refractivity contribution in [3.63, 3.8) is 0 Å². The van der Waals surface area contributed by atoms with Crippen LogP contribution in [0.3, 0.4) is 0 Å². The van der Waals surface area contributed by atoms with Gasteiger partial charge in [-0.2, -0.15) is 0 Å². The van der Waals surface area contributed by atoms with Crippen LogP contribution in [-0.2, 0) is 0 Å². The molecule has 0 unspecified atom stereocenters. The molecule has 0 saturated carbocycles. The predicted octanol–water partition coefficient (Wildman–Crippen LogP) is 2.48. The fourth-order valence-corrected chi connectivity index (χ4v) is 1.94. The van der Waals surface area contributed by atoms with Crippen molar-refractivity contribution in [2.24, 2.45) is 0 Å². The highest BCUT2D eigenvalue weighted by atomic mass is 32.1. The van der Waals surface area contributed by atoms with Gasteiger partial charge >= 0.3 is 0 Å². The number of nitrogen functional groups attached to an aromatic ring is 1. The number of hydrogen-bond acceptors (Lipinski definition) is 5. The third-order valence-electron chi connectivity index (χ3n) is 2.05. The molecule has 0 spiro atoms. The van der Waals surface area contributed by atoms with Crippen LogP contribution in [0, 0.1) is 13.8 Å². The van der Waals surface area contributed by atoms with E-state index in [-0.39, 0.29) is 0 Å². The van der Waals surface area contributed by atoms with Gasteiger partial charge in [0.2, 0.25) is 0 Å². The first-order valence-corrected chi connectivity index (χ1v) is 5.39. The monoisotopic (exact) mass is 220 g/mol. The number of aryl methyl sites for hydroxylation is 2. The molecule has 4 nitrogen and oxygen atoms in total. The van der Waals surface area contributed by atoms with Crippen molar-refractivity contribution in [1.82, 2.24) is 9.97 Å². The maximum absolute atomic E-state index is 5.54. The summed E-state index contributed by atoms with van der Waals surface area (Å²) in [5, 5.41) is 4.00. The van der Waals surface area contributed by atoms with E-state index >= 15 is 0 Å². The van der Waals surface area contributed by atoms with Gasteiger partial charge < -0.3 is 11.1 Å². The SMILES string of the molecule is Cc1nc(Nc2ccc(N)cn2)sc1C. The Bertz CT molecular complexity index is 441. The van der Waals surface area contributed by atoms with Crippen LogP contribution in [0.4, 0.5) is 16.6 Å². The zero-order valence-corrected chi connectivity index (χ0v) is 9.43. The molecule has 0 atom stereocenters. The molecule has 0 fully saturated rings. The summed E-state index contributed by atoms with van der Waals surface area (Å²) in [5.74, 6) is 0.762. The summed E-state index contributed by atoms with van der Waals surface area (Å²) in [6, 6.07) is 3.64. The van der Waals surface area contributed by atoms with Crippen LogP contribution in [-0.4, -0.2) is 9.97 Å². The number of anilines is 3. The van der Waals surface area contributed by atoms with Crippen LogP contribution in [0.5, 0.6) is 0 Å². The quantitative estimate of drug-likeness (QED) is 0.816. The molecule has 2 aromatic rings. The van der Waals surface area contributed by atoms with Gasteiger partial charge in [-0.3, -0.25) is 0 Å². The van der Waals surface area contributed by atoms with E-state index in [1.54, 1.807) is 17.5 Å². The van der Waals surface area contributed by atoms with Crippen LogP contribution >= 0.6 is 11.3 Å². The first kappa shape index (κ1) is 9.92. The van der Waals surface area contributed by atoms with Crippen molar-refractivity contribution in [2.75, 3.05) is 11.1 Å². The smallest absolute Gasteiger partial charge is 0.188 e. The second-order valence-corrected chi connectivity index (χ2v) is 4.47. The van der Waals surface area contributed by atoms with E-state index in [1.807, 2.05) is 19.1 Å². The lowest BCUT2D eigenvalue weighted by Crippen LogP contribution is -1.93. The standard InChI is InChI=1S/C10H12N4S/c1-6-7(2)15-10(13-6)14-9-4-3-8(11)5-12-9/h3-5H,11H2,1-2H3,(H,12,13,14). The lowest BCUT2D eigenvalue weighted by molar-refractivity contribution is 1.21. The zero-order valence-electron chi connectivity index (χ0n) is 8.61. The highest BCUT2D eigenvalue weighted by Gasteiger charge is 2.03. The normalized spacial score (nSPS) is 10.3. The second-order valence-electron chi connectivity index (χ2n) is 3.26. The summed E-state index contributed by atoms with van der Waals surface area (Å²) in [6.45, 7) is 4.04. The van der Waals surface area contributed by atoms with Gasteiger partial charge in [-0.25, -0.2) is 9.97 Å². The van der Waals surface area contributed by atoms with E-state index in [0.29, 0.717) is 5.69 Å². The van der Waals surface area contributed by atoms with E-state index in [2.05, 4.69) is 22.2 Å². The molecule has 0 radical (unpaired) electrons. The average Bonchev–Trinajstić information content (AvgIpc) is 2.50. The lowest BCUT2D eigenvalue weighted by Gasteiger charge is -2.00. The van der Waals surface area contributed by atoms with Crippen molar-refractivity contribution in [1.29, 1.82) is 0 Å². The maximum atomic E-state index is 5.54.